The van der Waals surface area contributed by atoms with E-state index in [1.54, 1.807) is 6.07 Å². The molecule has 0 aromatic heterocycles. The van der Waals surface area contributed by atoms with Crippen molar-refractivity contribution in [3.8, 4) is 11.5 Å². The number of rotatable bonds is 2. The number of nitrogens with zero attached hydrogens (tertiary/aromatic N) is 1. The second-order valence-corrected chi connectivity index (χ2v) is 8.40. The number of benzene rings is 3. The molecule has 0 spiro atoms. The van der Waals surface area contributed by atoms with E-state index in [-0.39, 0.29) is 11.1 Å². The van der Waals surface area contributed by atoms with Gasteiger partial charge in [0.05, 0.1) is 11.9 Å². The lowest BCUT2D eigenvalue weighted by molar-refractivity contribution is 0.479. The molecule has 0 amide bonds. The third-order valence-electron chi connectivity index (χ3n) is 5.03. The highest BCUT2D eigenvalue weighted by atomic mass is 32.2. The van der Waals surface area contributed by atoms with Crippen LogP contribution in [0.1, 0.15) is 12.8 Å². The number of hydrogen-bond acceptors (Lipinski definition) is 4. The van der Waals surface area contributed by atoms with Gasteiger partial charge in [-0.1, -0.05) is 30.3 Å². The van der Waals surface area contributed by atoms with Gasteiger partial charge in [-0.2, -0.15) is 4.72 Å². The van der Waals surface area contributed by atoms with Crippen LogP contribution < -0.4 is 14.4 Å². The number of anilines is 1. The van der Waals surface area contributed by atoms with Gasteiger partial charge in [0.25, 0.3) is 0 Å². The Morgan fingerprint density at radius 3 is 2.62 bits per heavy atom. The number of sulfonamides is 1. The van der Waals surface area contributed by atoms with Gasteiger partial charge in [0.15, 0.2) is 0 Å². The Morgan fingerprint density at radius 1 is 0.962 bits per heavy atom. The average Bonchev–Trinajstić information content (AvgIpc) is 3.09. The molecule has 2 aliphatic heterocycles. The highest BCUT2D eigenvalue weighted by Gasteiger charge is 2.37. The Hall–Kier alpha value is -2.57. The van der Waals surface area contributed by atoms with Gasteiger partial charge in [0, 0.05) is 12.6 Å². The monoisotopic (exact) mass is 366 g/mol. The second-order valence-electron chi connectivity index (χ2n) is 6.71. The summed E-state index contributed by atoms with van der Waals surface area (Å²) in [6.45, 7) is 0.866. The normalized spacial score (nSPS) is 20.6. The van der Waals surface area contributed by atoms with Gasteiger partial charge in [-0.25, -0.2) is 8.42 Å². The number of fused-ring (bicyclic) bond motifs is 4. The maximum atomic E-state index is 12.6. The summed E-state index contributed by atoms with van der Waals surface area (Å²) in [5.41, 5.74) is 0.761. The zero-order chi connectivity index (χ0) is 17.7. The fourth-order valence-corrected chi connectivity index (χ4v) is 5.26. The molecule has 5 nitrogen and oxygen atoms in total. The lowest BCUT2D eigenvalue weighted by Crippen LogP contribution is -2.48. The molecule has 0 radical (unpaired) electrons. The predicted octanol–water partition coefficient (Wildman–Crippen LogP) is 3.85. The molecule has 1 N–H and O–H groups in total. The van der Waals surface area contributed by atoms with Crippen LogP contribution in [0.2, 0.25) is 0 Å². The van der Waals surface area contributed by atoms with Crippen LogP contribution in [0.15, 0.2) is 65.6 Å². The van der Waals surface area contributed by atoms with Gasteiger partial charge >= 0.3 is 0 Å². The fourth-order valence-electron chi connectivity index (χ4n) is 3.80. The molecule has 132 valence electrons. The van der Waals surface area contributed by atoms with Crippen LogP contribution >= 0.6 is 0 Å². The van der Waals surface area contributed by atoms with E-state index in [4.69, 9.17) is 4.74 Å². The summed E-state index contributed by atoms with van der Waals surface area (Å²) in [7, 11) is -3.52. The van der Waals surface area contributed by atoms with E-state index in [1.807, 2.05) is 54.6 Å². The van der Waals surface area contributed by atoms with E-state index < -0.39 is 10.0 Å². The summed E-state index contributed by atoms with van der Waals surface area (Å²) in [5.74, 6) is 1.20. The molecular formula is C20H18N2O3S. The highest BCUT2D eigenvalue weighted by Crippen LogP contribution is 2.38. The summed E-state index contributed by atoms with van der Waals surface area (Å²) in [6, 6.07) is 19.2. The fraction of sp³-hybridized carbons (Fsp3) is 0.200. The van der Waals surface area contributed by atoms with Crippen LogP contribution in [-0.2, 0) is 10.0 Å². The molecule has 3 aromatic carbocycles. The Balaban J connectivity index is 1.52. The number of ether oxygens (including phenoxy) is 1. The quantitative estimate of drug-likeness (QED) is 0.748. The van der Waals surface area contributed by atoms with E-state index in [0.717, 1.165) is 35.8 Å². The Kier molecular flexibility index (Phi) is 3.45. The third kappa shape index (κ3) is 2.53. The van der Waals surface area contributed by atoms with Gasteiger partial charge in [-0.3, -0.25) is 0 Å². The van der Waals surface area contributed by atoms with E-state index in [2.05, 4.69) is 9.62 Å². The summed E-state index contributed by atoms with van der Waals surface area (Å²) < 4.78 is 33.9. The lowest BCUT2D eigenvalue weighted by atomic mass is 10.1. The lowest BCUT2D eigenvalue weighted by Gasteiger charge is -2.33. The Bertz CT molecular complexity index is 1110. The Morgan fingerprint density at radius 2 is 1.73 bits per heavy atom. The smallest absolute Gasteiger partial charge is 0.244 e. The van der Waals surface area contributed by atoms with Gasteiger partial charge in [0.1, 0.15) is 16.4 Å². The SMILES string of the molecule is O=S1(=O)NC2CCCN2c2ccc(Oc3ccc4ccccc4c3)cc21. The van der Waals surface area contributed by atoms with E-state index >= 15 is 0 Å². The first kappa shape index (κ1) is 15.7. The van der Waals surface area contributed by atoms with Crippen LogP contribution in [0.4, 0.5) is 5.69 Å². The molecule has 6 heteroatoms. The summed E-state index contributed by atoms with van der Waals surface area (Å²) in [4.78, 5) is 2.41. The van der Waals surface area contributed by atoms with Crippen molar-refractivity contribution >= 4 is 26.5 Å². The largest absolute Gasteiger partial charge is 0.457 e. The van der Waals surface area contributed by atoms with Gasteiger partial charge < -0.3 is 9.64 Å². The topological polar surface area (TPSA) is 58.6 Å². The van der Waals surface area contributed by atoms with Crippen molar-refractivity contribution in [1.82, 2.24) is 4.72 Å². The van der Waals surface area contributed by atoms with Crippen LogP contribution in [0.3, 0.4) is 0 Å². The molecular weight excluding hydrogens is 348 g/mol. The van der Waals surface area contributed by atoms with Crippen LogP contribution in [-0.4, -0.2) is 21.1 Å². The van der Waals surface area contributed by atoms with Crippen molar-refractivity contribution in [2.45, 2.75) is 23.9 Å². The summed E-state index contributed by atoms with van der Waals surface area (Å²) in [5, 5.41) is 2.22. The van der Waals surface area contributed by atoms with Crippen molar-refractivity contribution in [1.29, 1.82) is 0 Å². The van der Waals surface area contributed by atoms with Gasteiger partial charge in [-0.05, 0) is 47.9 Å². The van der Waals surface area contributed by atoms with Gasteiger partial charge in [-0.15, -0.1) is 0 Å². The molecule has 3 aromatic rings. The zero-order valence-electron chi connectivity index (χ0n) is 14.1. The van der Waals surface area contributed by atoms with Crippen molar-refractivity contribution in [2.75, 3.05) is 11.4 Å². The molecule has 5 rings (SSSR count). The minimum absolute atomic E-state index is 0.125. The number of nitrogens with one attached hydrogen (secondary N) is 1. The molecule has 2 heterocycles. The third-order valence-corrected chi connectivity index (χ3v) is 6.52. The van der Waals surface area contributed by atoms with E-state index in [1.165, 1.54) is 0 Å². The number of hydrogen-bond donors (Lipinski definition) is 1. The maximum absolute atomic E-state index is 12.6. The standard InChI is InChI=1S/C20H18N2O3S/c23-26(24)19-13-17(9-10-18(19)22-11-3-6-20(22)21-26)25-16-8-7-14-4-1-2-5-15(14)12-16/h1-2,4-5,7-10,12-13,20-21H,3,6,11H2. The first-order valence-electron chi connectivity index (χ1n) is 8.70. The van der Waals surface area contributed by atoms with E-state index in [0.29, 0.717) is 11.5 Å². The van der Waals surface area contributed by atoms with Crippen molar-refractivity contribution in [2.24, 2.45) is 0 Å². The molecule has 1 atom stereocenters. The average molecular weight is 366 g/mol. The van der Waals surface area contributed by atoms with E-state index in [9.17, 15) is 8.42 Å². The summed E-state index contributed by atoms with van der Waals surface area (Å²) >= 11 is 0. The molecule has 26 heavy (non-hydrogen) atoms. The molecule has 1 fully saturated rings. The minimum Gasteiger partial charge on any atom is -0.457 e. The molecule has 0 saturated carbocycles. The predicted molar refractivity (Wildman–Crippen MR) is 101 cm³/mol. The van der Waals surface area contributed by atoms with Crippen LogP contribution in [0, 0.1) is 0 Å². The molecule has 0 bridgehead atoms. The van der Waals surface area contributed by atoms with Crippen LogP contribution in [0.25, 0.3) is 10.8 Å². The Labute approximate surface area is 152 Å². The zero-order valence-corrected chi connectivity index (χ0v) is 14.9. The molecule has 0 aliphatic carbocycles. The van der Waals surface area contributed by atoms with Crippen molar-refractivity contribution in [3.63, 3.8) is 0 Å². The molecule has 2 aliphatic rings. The van der Waals surface area contributed by atoms with Crippen LogP contribution in [0.5, 0.6) is 11.5 Å². The molecule has 1 unspecified atom stereocenters. The molecule has 1 saturated heterocycles. The first-order chi connectivity index (χ1) is 12.6. The van der Waals surface area contributed by atoms with Gasteiger partial charge in [0.2, 0.25) is 10.0 Å². The van der Waals surface area contributed by atoms with Crippen molar-refractivity contribution in [3.05, 3.63) is 60.7 Å². The van der Waals surface area contributed by atoms with Crippen molar-refractivity contribution < 1.29 is 13.2 Å². The summed E-state index contributed by atoms with van der Waals surface area (Å²) in [6.07, 6.45) is 1.70. The maximum Gasteiger partial charge on any atom is 0.244 e. The second kappa shape index (κ2) is 5.72. The minimum atomic E-state index is -3.52. The first-order valence-corrected chi connectivity index (χ1v) is 10.2. The highest BCUT2D eigenvalue weighted by molar-refractivity contribution is 7.89.